The van der Waals surface area contributed by atoms with Crippen LogP contribution in [-0.2, 0) is 13.1 Å². The fourth-order valence-electron chi connectivity index (χ4n) is 2.09. The van der Waals surface area contributed by atoms with Crippen LogP contribution in [0.25, 0.3) is 0 Å². The molecule has 0 atom stereocenters. The Morgan fingerprint density at radius 3 is 2.65 bits per heavy atom. The molecule has 0 amide bonds. The Kier molecular flexibility index (Phi) is 4.54. The van der Waals surface area contributed by atoms with E-state index < -0.39 is 0 Å². The van der Waals surface area contributed by atoms with Crippen LogP contribution in [0, 0.1) is 13.8 Å². The fraction of sp³-hybridized carbons (Fsp3) is 0.643. The van der Waals surface area contributed by atoms with Gasteiger partial charge in [-0.25, -0.2) is 0 Å². The number of aryl methyl sites for hydroxylation is 1. The maximum absolute atomic E-state index is 5.23. The van der Waals surface area contributed by atoms with Crippen LogP contribution in [0.3, 0.4) is 0 Å². The van der Waals surface area contributed by atoms with E-state index >= 15 is 0 Å². The highest BCUT2D eigenvalue weighted by Crippen LogP contribution is 2.15. The van der Waals surface area contributed by atoms with E-state index in [-0.39, 0.29) is 5.92 Å². The molecule has 1 N–H and O–H groups in total. The zero-order valence-corrected chi connectivity index (χ0v) is 12.9. The Bertz CT molecular complexity index is 570. The van der Waals surface area contributed by atoms with Gasteiger partial charge in [-0.2, -0.15) is 10.1 Å². The molecule has 0 radical (unpaired) electrons. The molecule has 0 saturated heterocycles. The summed E-state index contributed by atoms with van der Waals surface area (Å²) in [6, 6.07) is 0. The number of nitrogens with zero attached hydrogens (tertiary/aromatic N) is 4. The summed E-state index contributed by atoms with van der Waals surface area (Å²) in [5.74, 6) is 1.60. The molecule has 6 nitrogen and oxygen atoms in total. The first-order valence-corrected chi connectivity index (χ1v) is 7.09. The van der Waals surface area contributed by atoms with Crippen molar-refractivity contribution in [2.75, 3.05) is 6.54 Å². The third kappa shape index (κ3) is 3.07. The Morgan fingerprint density at radius 2 is 2.05 bits per heavy atom. The van der Waals surface area contributed by atoms with Crippen LogP contribution in [0.1, 0.15) is 55.4 Å². The molecule has 2 aromatic rings. The number of hydrogen-bond acceptors (Lipinski definition) is 5. The molecule has 2 aromatic heterocycles. The highest BCUT2D eigenvalue weighted by atomic mass is 16.5. The van der Waals surface area contributed by atoms with E-state index in [2.05, 4.69) is 34.4 Å². The van der Waals surface area contributed by atoms with Crippen molar-refractivity contribution in [2.45, 2.75) is 53.6 Å². The van der Waals surface area contributed by atoms with Crippen LogP contribution in [0.4, 0.5) is 0 Å². The van der Waals surface area contributed by atoms with Gasteiger partial charge in [0.05, 0.1) is 5.69 Å². The van der Waals surface area contributed by atoms with Crippen LogP contribution in [0.15, 0.2) is 4.52 Å². The molecule has 6 heteroatoms. The lowest BCUT2D eigenvalue weighted by Gasteiger charge is -2.03. The summed E-state index contributed by atoms with van der Waals surface area (Å²) < 4.78 is 7.17. The summed E-state index contributed by atoms with van der Waals surface area (Å²) in [6.07, 6.45) is 0. The Morgan fingerprint density at radius 1 is 1.30 bits per heavy atom. The number of nitrogens with one attached hydrogen (secondary N) is 1. The average molecular weight is 277 g/mol. The van der Waals surface area contributed by atoms with Crippen LogP contribution >= 0.6 is 0 Å². The van der Waals surface area contributed by atoms with Crippen molar-refractivity contribution in [1.29, 1.82) is 0 Å². The molecule has 0 bridgehead atoms. The van der Waals surface area contributed by atoms with Gasteiger partial charge in [0.2, 0.25) is 5.89 Å². The van der Waals surface area contributed by atoms with Gasteiger partial charge in [-0.15, -0.1) is 0 Å². The van der Waals surface area contributed by atoms with Gasteiger partial charge in [0.25, 0.3) is 0 Å². The van der Waals surface area contributed by atoms with Crippen molar-refractivity contribution >= 4 is 0 Å². The molecule has 2 rings (SSSR count). The molecule has 0 unspecified atom stereocenters. The lowest BCUT2D eigenvalue weighted by molar-refractivity contribution is 0.359. The first kappa shape index (κ1) is 14.7. The monoisotopic (exact) mass is 277 g/mol. The molecule has 0 spiro atoms. The van der Waals surface area contributed by atoms with E-state index in [0.29, 0.717) is 18.3 Å². The third-order valence-corrected chi connectivity index (χ3v) is 3.35. The summed E-state index contributed by atoms with van der Waals surface area (Å²) >= 11 is 0. The first-order chi connectivity index (χ1) is 9.52. The van der Waals surface area contributed by atoms with Crippen molar-refractivity contribution in [3.63, 3.8) is 0 Å². The van der Waals surface area contributed by atoms with Gasteiger partial charge in [-0.1, -0.05) is 25.9 Å². The Hall–Kier alpha value is -1.69. The van der Waals surface area contributed by atoms with Crippen molar-refractivity contribution in [1.82, 2.24) is 25.2 Å². The van der Waals surface area contributed by atoms with E-state index in [1.54, 1.807) is 0 Å². The first-order valence-electron chi connectivity index (χ1n) is 7.09. The van der Waals surface area contributed by atoms with E-state index in [4.69, 9.17) is 4.52 Å². The van der Waals surface area contributed by atoms with Crippen molar-refractivity contribution in [3.8, 4) is 0 Å². The van der Waals surface area contributed by atoms with Crippen molar-refractivity contribution in [3.05, 3.63) is 28.7 Å². The van der Waals surface area contributed by atoms with E-state index in [1.807, 2.05) is 25.5 Å². The minimum absolute atomic E-state index is 0.251. The number of aromatic nitrogens is 4. The van der Waals surface area contributed by atoms with Gasteiger partial charge in [0.15, 0.2) is 5.82 Å². The minimum atomic E-state index is 0.251. The molecule has 0 fully saturated rings. The minimum Gasteiger partial charge on any atom is -0.339 e. The maximum atomic E-state index is 5.23. The molecule has 2 heterocycles. The zero-order chi connectivity index (χ0) is 14.7. The second-order valence-electron chi connectivity index (χ2n) is 5.29. The second-order valence-corrected chi connectivity index (χ2v) is 5.29. The van der Waals surface area contributed by atoms with Gasteiger partial charge in [0, 0.05) is 23.7 Å². The van der Waals surface area contributed by atoms with E-state index in [0.717, 1.165) is 24.5 Å². The molecule has 110 valence electrons. The second kappa shape index (κ2) is 6.17. The topological polar surface area (TPSA) is 68.8 Å². The van der Waals surface area contributed by atoms with Gasteiger partial charge in [0.1, 0.15) is 6.54 Å². The number of hydrogen-bond donors (Lipinski definition) is 1. The molecule has 0 aliphatic heterocycles. The lowest BCUT2D eigenvalue weighted by Crippen LogP contribution is -2.13. The van der Waals surface area contributed by atoms with Gasteiger partial charge in [-0.05, 0) is 20.4 Å². The highest BCUT2D eigenvalue weighted by molar-refractivity contribution is 5.24. The highest BCUT2D eigenvalue weighted by Gasteiger charge is 2.14. The molecule has 0 aliphatic rings. The predicted octanol–water partition coefficient (Wildman–Crippen LogP) is 2.16. The summed E-state index contributed by atoms with van der Waals surface area (Å²) in [7, 11) is 0. The Labute approximate surface area is 119 Å². The predicted molar refractivity (Wildman–Crippen MR) is 76.6 cm³/mol. The summed E-state index contributed by atoms with van der Waals surface area (Å²) in [5, 5.41) is 11.9. The van der Waals surface area contributed by atoms with E-state index in [1.165, 1.54) is 5.56 Å². The zero-order valence-electron chi connectivity index (χ0n) is 12.9. The van der Waals surface area contributed by atoms with Crippen LogP contribution < -0.4 is 5.32 Å². The summed E-state index contributed by atoms with van der Waals surface area (Å²) in [4.78, 5) is 4.39. The van der Waals surface area contributed by atoms with Crippen molar-refractivity contribution in [2.24, 2.45) is 0 Å². The average Bonchev–Trinajstić information content (AvgIpc) is 2.95. The van der Waals surface area contributed by atoms with Crippen LogP contribution in [0.2, 0.25) is 0 Å². The standard InChI is InChI=1S/C14H23N5O/c1-6-15-7-12-10(4)17-19(11(12)5)8-13-16-14(9(2)3)20-18-13/h9,15H,6-8H2,1-5H3. The van der Waals surface area contributed by atoms with Crippen molar-refractivity contribution < 1.29 is 4.52 Å². The summed E-state index contributed by atoms with van der Waals surface area (Å²) in [5.41, 5.74) is 3.45. The maximum Gasteiger partial charge on any atom is 0.229 e. The van der Waals surface area contributed by atoms with Crippen LogP contribution in [-0.4, -0.2) is 26.5 Å². The lowest BCUT2D eigenvalue weighted by atomic mass is 10.2. The molecule has 0 aromatic carbocycles. The summed E-state index contributed by atoms with van der Waals surface area (Å²) in [6.45, 7) is 12.6. The Balaban J connectivity index is 2.16. The molecule has 0 aliphatic carbocycles. The SMILES string of the molecule is CCNCc1c(C)nn(Cc2noc(C(C)C)n2)c1C. The molecule has 20 heavy (non-hydrogen) atoms. The van der Waals surface area contributed by atoms with Gasteiger partial charge in [-0.3, -0.25) is 4.68 Å². The number of rotatable bonds is 6. The quantitative estimate of drug-likeness (QED) is 0.876. The largest absolute Gasteiger partial charge is 0.339 e. The third-order valence-electron chi connectivity index (χ3n) is 3.35. The fourth-order valence-corrected chi connectivity index (χ4v) is 2.09. The molecular weight excluding hydrogens is 254 g/mol. The normalized spacial score (nSPS) is 11.5. The van der Waals surface area contributed by atoms with Gasteiger partial charge < -0.3 is 9.84 Å². The van der Waals surface area contributed by atoms with E-state index in [9.17, 15) is 0 Å². The smallest absolute Gasteiger partial charge is 0.229 e. The van der Waals surface area contributed by atoms with Crippen LogP contribution in [0.5, 0.6) is 0 Å². The molecule has 0 saturated carbocycles. The van der Waals surface area contributed by atoms with Gasteiger partial charge >= 0.3 is 0 Å². The molecular formula is C14H23N5O.